The highest BCUT2D eigenvalue weighted by Crippen LogP contribution is 2.32. The van der Waals surface area contributed by atoms with E-state index in [2.05, 4.69) is 0 Å². The summed E-state index contributed by atoms with van der Waals surface area (Å²) in [5.74, 6) is -0.654. The average molecular weight is 355 g/mol. The first-order valence-electron chi connectivity index (χ1n) is 8.28. The van der Waals surface area contributed by atoms with Crippen LogP contribution in [0.4, 0.5) is 5.69 Å². The van der Waals surface area contributed by atoms with Crippen LogP contribution in [0.25, 0.3) is 0 Å². The van der Waals surface area contributed by atoms with E-state index in [9.17, 15) is 9.59 Å². The number of carbonyl (C=O) groups excluding carboxylic acids is 2. The highest BCUT2D eigenvalue weighted by molar-refractivity contribution is 7.98. The number of thioether (sulfide) groups is 1. The SMILES string of the molecule is CSc1ccccc1C(=O)O[C@@H](C)C(=O)N1c2ccccc2C[C@H]1C. The Morgan fingerprint density at radius 3 is 2.60 bits per heavy atom. The van der Waals surface area contributed by atoms with E-state index < -0.39 is 12.1 Å². The van der Waals surface area contributed by atoms with E-state index in [0.717, 1.165) is 22.6 Å². The lowest BCUT2D eigenvalue weighted by molar-refractivity contribution is -0.126. The van der Waals surface area contributed by atoms with Crippen molar-refractivity contribution in [3.63, 3.8) is 0 Å². The van der Waals surface area contributed by atoms with Gasteiger partial charge in [-0.05, 0) is 50.3 Å². The molecule has 0 bridgehead atoms. The maximum atomic E-state index is 12.9. The van der Waals surface area contributed by atoms with Crippen molar-refractivity contribution in [3.05, 3.63) is 59.7 Å². The number of nitrogens with zero attached hydrogens (tertiary/aromatic N) is 1. The summed E-state index contributed by atoms with van der Waals surface area (Å²) in [7, 11) is 0. The molecule has 0 N–H and O–H groups in total. The lowest BCUT2D eigenvalue weighted by Crippen LogP contribution is -2.43. The van der Waals surface area contributed by atoms with Gasteiger partial charge in [0, 0.05) is 16.6 Å². The molecule has 1 aliphatic heterocycles. The van der Waals surface area contributed by atoms with E-state index in [0.29, 0.717) is 5.56 Å². The summed E-state index contributed by atoms with van der Waals surface area (Å²) in [6, 6.07) is 15.2. The minimum absolute atomic E-state index is 0.0598. The average Bonchev–Trinajstić information content (AvgIpc) is 2.96. The fourth-order valence-corrected chi connectivity index (χ4v) is 3.77. The molecule has 1 heterocycles. The maximum Gasteiger partial charge on any atom is 0.340 e. The van der Waals surface area contributed by atoms with Gasteiger partial charge in [0.15, 0.2) is 6.10 Å². The van der Waals surface area contributed by atoms with Crippen molar-refractivity contribution in [2.45, 2.75) is 37.3 Å². The predicted octanol–water partition coefficient (Wildman–Crippen LogP) is 3.93. The Labute approximate surface area is 152 Å². The van der Waals surface area contributed by atoms with Gasteiger partial charge in [0.25, 0.3) is 5.91 Å². The second-order valence-corrected chi connectivity index (χ2v) is 6.99. The van der Waals surface area contributed by atoms with Crippen LogP contribution in [0.3, 0.4) is 0 Å². The second-order valence-electron chi connectivity index (χ2n) is 6.14. The molecule has 0 unspecified atom stereocenters. The fraction of sp³-hybridized carbons (Fsp3) is 0.300. The number of carbonyl (C=O) groups is 2. The first kappa shape index (κ1) is 17.5. The normalized spacial score (nSPS) is 17.1. The molecule has 3 rings (SSSR count). The summed E-state index contributed by atoms with van der Waals surface area (Å²) >= 11 is 1.48. The quantitative estimate of drug-likeness (QED) is 0.616. The minimum Gasteiger partial charge on any atom is -0.449 e. The Hall–Kier alpha value is -2.27. The highest BCUT2D eigenvalue weighted by Gasteiger charge is 2.34. The van der Waals surface area contributed by atoms with Crippen molar-refractivity contribution < 1.29 is 14.3 Å². The number of ether oxygens (including phenoxy) is 1. The Morgan fingerprint density at radius 2 is 1.84 bits per heavy atom. The summed E-state index contributed by atoms with van der Waals surface area (Å²) in [5.41, 5.74) is 2.55. The summed E-state index contributed by atoms with van der Waals surface area (Å²) < 4.78 is 5.47. The van der Waals surface area contributed by atoms with Crippen LogP contribution >= 0.6 is 11.8 Å². The van der Waals surface area contributed by atoms with Gasteiger partial charge in [-0.1, -0.05) is 30.3 Å². The number of amides is 1. The Bertz CT molecular complexity index is 805. The highest BCUT2D eigenvalue weighted by atomic mass is 32.2. The van der Waals surface area contributed by atoms with E-state index in [1.165, 1.54) is 11.8 Å². The molecule has 0 aliphatic carbocycles. The number of rotatable bonds is 4. The Morgan fingerprint density at radius 1 is 1.16 bits per heavy atom. The first-order valence-corrected chi connectivity index (χ1v) is 9.50. The van der Waals surface area contributed by atoms with Crippen molar-refractivity contribution in [2.24, 2.45) is 0 Å². The molecule has 130 valence electrons. The van der Waals surface area contributed by atoms with Gasteiger partial charge in [-0.2, -0.15) is 0 Å². The largest absolute Gasteiger partial charge is 0.449 e. The molecular formula is C20H21NO3S. The number of hydrogen-bond donors (Lipinski definition) is 0. The molecule has 4 nitrogen and oxygen atoms in total. The van der Waals surface area contributed by atoms with Crippen LogP contribution in [0.5, 0.6) is 0 Å². The predicted molar refractivity (Wildman–Crippen MR) is 100 cm³/mol. The number of para-hydroxylation sites is 1. The Balaban J connectivity index is 1.76. The van der Waals surface area contributed by atoms with Crippen LogP contribution in [0.1, 0.15) is 29.8 Å². The molecule has 0 radical (unpaired) electrons. The van der Waals surface area contributed by atoms with Crippen molar-refractivity contribution in [3.8, 4) is 0 Å². The molecule has 1 amide bonds. The zero-order valence-corrected chi connectivity index (χ0v) is 15.4. The van der Waals surface area contributed by atoms with E-state index in [4.69, 9.17) is 4.74 Å². The molecule has 2 aromatic carbocycles. The van der Waals surface area contributed by atoms with Gasteiger partial charge < -0.3 is 9.64 Å². The summed E-state index contributed by atoms with van der Waals surface area (Å²) in [6.45, 7) is 3.64. The second kappa shape index (κ2) is 7.31. The lowest BCUT2D eigenvalue weighted by Gasteiger charge is -2.26. The number of esters is 1. The van der Waals surface area contributed by atoms with E-state index in [-0.39, 0.29) is 11.9 Å². The molecule has 2 atom stereocenters. The summed E-state index contributed by atoms with van der Waals surface area (Å²) in [5, 5.41) is 0. The molecular weight excluding hydrogens is 334 g/mol. The monoisotopic (exact) mass is 355 g/mol. The standard InChI is InChI=1S/C20H21NO3S/c1-13-12-15-8-4-6-10-17(15)21(13)19(22)14(2)24-20(23)16-9-5-7-11-18(16)25-3/h4-11,13-14H,12H2,1-3H3/t13-,14+/m1/s1. The van der Waals surface area contributed by atoms with Gasteiger partial charge >= 0.3 is 5.97 Å². The van der Waals surface area contributed by atoms with Crippen molar-refractivity contribution in [1.82, 2.24) is 0 Å². The minimum atomic E-state index is -0.837. The van der Waals surface area contributed by atoms with Gasteiger partial charge in [0.2, 0.25) is 0 Å². The molecule has 2 aromatic rings. The topological polar surface area (TPSA) is 46.6 Å². The molecule has 25 heavy (non-hydrogen) atoms. The third kappa shape index (κ3) is 3.42. The van der Waals surface area contributed by atoms with Crippen LogP contribution in [-0.4, -0.2) is 30.3 Å². The van der Waals surface area contributed by atoms with Gasteiger partial charge in [0.1, 0.15) is 0 Å². The lowest BCUT2D eigenvalue weighted by atomic mass is 10.1. The third-order valence-corrected chi connectivity index (χ3v) is 5.20. The Kier molecular flexibility index (Phi) is 5.13. The molecule has 0 spiro atoms. The summed E-state index contributed by atoms with van der Waals surface area (Å²) in [6.07, 6.45) is 1.89. The molecule has 1 aliphatic rings. The molecule has 5 heteroatoms. The molecule has 0 fully saturated rings. The zero-order chi connectivity index (χ0) is 18.0. The summed E-state index contributed by atoms with van der Waals surface area (Å²) in [4.78, 5) is 27.9. The molecule has 0 saturated heterocycles. The smallest absolute Gasteiger partial charge is 0.340 e. The van der Waals surface area contributed by atoms with Crippen molar-refractivity contribution in [2.75, 3.05) is 11.2 Å². The number of anilines is 1. The molecule has 0 aromatic heterocycles. The van der Waals surface area contributed by atoms with E-state index in [1.54, 1.807) is 24.0 Å². The fourth-order valence-electron chi connectivity index (χ4n) is 3.18. The van der Waals surface area contributed by atoms with Crippen LogP contribution < -0.4 is 4.90 Å². The van der Waals surface area contributed by atoms with Crippen LogP contribution in [0, 0.1) is 0 Å². The van der Waals surface area contributed by atoms with Crippen LogP contribution in [-0.2, 0) is 16.0 Å². The molecule has 0 saturated carbocycles. The van der Waals surface area contributed by atoms with Gasteiger partial charge in [-0.3, -0.25) is 4.79 Å². The number of hydrogen-bond acceptors (Lipinski definition) is 4. The maximum absolute atomic E-state index is 12.9. The zero-order valence-electron chi connectivity index (χ0n) is 14.6. The van der Waals surface area contributed by atoms with Crippen LogP contribution in [0.2, 0.25) is 0 Å². The first-order chi connectivity index (χ1) is 12.0. The van der Waals surface area contributed by atoms with E-state index >= 15 is 0 Å². The van der Waals surface area contributed by atoms with Crippen molar-refractivity contribution in [1.29, 1.82) is 0 Å². The van der Waals surface area contributed by atoms with Gasteiger partial charge in [-0.25, -0.2) is 4.79 Å². The third-order valence-electron chi connectivity index (χ3n) is 4.40. The number of benzene rings is 2. The van der Waals surface area contributed by atoms with Gasteiger partial charge in [0.05, 0.1) is 5.56 Å². The van der Waals surface area contributed by atoms with Gasteiger partial charge in [-0.15, -0.1) is 11.8 Å². The van der Waals surface area contributed by atoms with Crippen molar-refractivity contribution >= 4 is 29.3 Å². The van der Waals surface area contributed by atoms with Crippen LogP contribution in [0.15, 0.2) is 53.4 Å². The number of fused-ring (bicyclic) bond motifs is 1. The van der Waals surface area contributed by atoms with E-state index in [1.807, 2.05) is 49.6 Å².